The molecule has 0 radical (unpaired) electrons. The van der Waals surface area contributed by atoms with Crippen molar-refractivity contribution in [2.24, 2.45) is 17.3 Å². The third-order valence-corrected chi connectivity index (χ3v) is 7.09. The van der Waals surface area contributed by atoms with E-state index >= 15 is 0 Å². The standard InChI is InChI=1S/C22H32O6/c1-13(2)22(27)10-9-20(3)12-17(21(4,26)11-16(24)18(20)22)28-19(25)14-5-7-15(23)8-6-14/h5-8,13,16-18,23-24,26-27H,9-12H2,1-4H3/t16-,17-,18+,20+,21-,22+/m0/s1. The van der Waals surface area contributed by atoms with Gasteiger partial charge < -0.3 is 25.2 Å². The van der Waals surface area contributed by atoms with Crippen molar-refractivity contribution in [1.82, 2.24) is 0 Å². The summed E-state index contributed by atoms with van der Waals surface area (Å²) in [4.78, 5) is 12.6. The lowest BCUT2D eigenvalue weighted by molar-refractivity contribution is -0.118. The van der Waals surface area contributed by atoms with Gasteiger partial charge in [0.15, 0.2) is 0 Å². The second kappa shape index (κ2) is 7.01. The largest absolute Gasteiger partial charge is 0.508 e. The summed E-state index contributed by atoms with van der Waals surface area (Å²) in [6.45, 7) is 7.47. The number of phenols is 1. The van der Waals surface area contributed by atoms with Crippen molar-refractivity contribution in [3.8, 4) is 5.75 Å². The highest BCUT2D eigenvalue weighted by molar-refractivity contribution is 5.89. The average molecular weight is 392 g/mol. The smallest absolute Gasteiger partial charge is 0.338 e. The molecule has 0 spiro atoms. The van der Waals surface area contributed by atoms with Gasteiger partial charge in [-0.1, -0.05) is 20.8 Å². The Hall–Kier alpha value is -1.63. The molecule has 1 aromatic rings. The monoisotopic (exact) mass is 392 g/mol. The van der Waals surface area contributed by atoms with E-state index in [4.69, 9.17) is 4.74 Å². The van der Waals surface area contributed by atoms with Crippen molar-refractivity contribution in [3.63, 3.8) is 0 Å². The lowest BCUT2D eigenvalue weighted by Crippen LogP contribution is -2.49. The van der Waals surface area contributed by atoms with Crippen LogP contribution in [0.15, 0.2) is 24.3 Å². The lowest BCUT2D eigenvalue weighted by Gasteiger charge is -2.42. The number of benzene rings is 1. The predicted molar refractivity (Wildman–Crippen MR) is 104 cm³/mol. The highest BCUT2D eigenvalue weighted by Crippen LogP contribution is 2.59. The molecule has 2 saturated carbocycles. The fraction of sp³-hybridized carbons (Fsp3) is 0.682. The van der Waals surface area contributed by atoms with Gasteiger partial charge in [0.05, 0.1) is 17.3 Å². The highest BCUT2D eigenvalue weighted by atomic mass is 16.6. The molecule has 2 fully saturated rings. The Morgan fingerprint density at radius 3 is 2.29 bits per heavy atom. The Kier molecular flexibility index (Phi) is 5.28. The van der Waals surface area contributed by atoms with E-state index in [-0.39, 0.29) is 23.7 Å². The highest BCUT2D eigenvalue weighted by Gasteiger charge is 2.62. The number of esters is 1. The van der Waals surface area contributed by atoms with Crippen molar-refractivity contribution in [2.45, 2.75) is 76.8 Å². The molecule has 0 heterocycles. The number of hydrogen-bond acceptors (Lipinski definition) is 6. The third-order valence-electron chi connectivity index (χ3n) is 7.09. The van der Waals surface area contributed by atoms with Crippen LogP contribution < -0.4 is 0 Å². The first-order chi connectivity index (χ1) is 12.9. The number of aromatic hydroxyl groups is 1. The Labute approximate surface area is 166 Å². The normalized spacial score (nSPS) is 40.8. The van der Waals surface area contributed by atoms with E-state index in [1.165, 1.54) is 24.3 Å². The molecule has 0 saturated heterocycles. The van der Waals surface area contributed by atoms with Gasteiger partial charge in [-0.3, -0.25) is 0 Å². The summed E-state index contributed by atoms with van der Waals surface area (Å²) in [5.74, 6) is -0.965. The molecule has 6 nitrogen and oxygen atoms in total. The first kappa shape index (κ1) is 21.1. The Morgan fingerprint density at radius 2 is 1.71 bits per heavy atom. The van der Waals surface area contributed by atoms with E-state index in [0.29, 0.717) is 19.3 Å². The number of rotatable bonds is 3. The molecule has 4 N–H and O–H groups in total. The van der Waals surface area contributed by atoms with Gasteiger partial charge >= 0.3 is 5.97 Å². The van der Waals surface area contributed by atoms with Crippen LogP contribution in [-0.4, -0.2) is 49.8 Å². The van der Waals surface area contributed by atoms with Crippen LogP contribution in [-0.2, 0) is 4.74 Å². The predicted octanol–water partition coefficient (Wildman–Crippen LogP) is 2.63. The second-order valence-corrected chi connectivity index (χ2v) is 9.55. The molecule has 1 aromatic carbocycles. The van der Waals surface area contributed by atoms with Gasteiger partial charge in [0.2, 0.25) is 0 Å². The van der Waals surface area contributed by atoms with Crippen LogP contribution in [0.25, 0.3) is 0 Å². The van der Waals surface area contributed by atoms with Crippen LogP contribution >= 0.6 is 0 Å². The van der Waals surface area contributed by atoms with Crippen LogP contribution in [0.5, 0.6) is 5.75 Å². The van der Waals surface area contributed by atoms with Crippen molar-refractivity contribution >= 4 is 5.97 Å². The third kappa shape index (κ3) is 3.53. The Morgan fingerprint density at radius 1 is 1.11 bits per heavy atom. The minimum Gasteiger partial charge on any atom is -0.508 e. The molecule has 6 atom stereocenters. The van der Waals surface area contributed by atoms with Crippen molar-refractivity contribution in [3.05, 3.63) is 29.8 Å². The molecule has 2 aliphatic carbocycles. The van der Waals surface area contributed by atoms with E-state index in [0.717, 1.165) is 0 Å². The molecule has 0 aliphatic heterocycles. The Balaban J connectivity index is 1.89. The zero-order valence-corrected chi connectivity index (χ0v) is 17.1. The molecular formula is C22H32O6. The summed E-state index contributed by atoms with van der Waals surface area (Å²) in [6.07, 6.45) is -0.0625. The summed E-state index contributed by atoms with van der Waals surface area (Å²) >= 11 is 0. The number of phenolic OH excluding ortho intramolecular Hbond substituents is 1. The van der Waals surface area contributed by atoms with E-state index in [1.54, 1.807) is 6.92 Å². The first-order valence-corrected chi connectivity index (χ1v) is 10.0. The Bertz CT molecular complexity index is 727. The fourth-order valence-electron chi connectivity index (χ4n) is 5.35. The van der Waals surface area contributed by atoms with Crippen LogP contribution in [0, 0.1) is 17.3 Å². The number of aliphatic hydroxyl groups excluding tert-OH is 1. The van der Waals surface area contributed by atoms with Crippen molar-refractivity contribution in [1.29, 1.82) is 0 Å². The minimum atomic E-state index is -1.42. The van der Waals surface area contributed by atoms with Crippen LogP contribution in [0.2, 0.25) is 0 Å². The maximum atomic E-state index is 12.6. The number of carbonyl (C=O) groups excluding carboxylic acids is 1. The molecule has 0 unspecified atom stereocenters. The lowest BCUT2D eigenvalue weighted by atomic mass is 9.68. The average Bonchev–Trinajstić information content (AvgIpc) is 2.83. The minimum absolute atomic E-state index is 0.0236. The summed E-state index contributed by atoms with van der Waals surface area (Å²) in [7, 11) is 0. The van der Waals surface area contributed by atoms with Gasteiger partial charge in [0, 0.05) is 12.3 Å². The molecule has 6 heteroatoms. The summed E-state index contributed by atoms with van der Waals surface area (Å²) in [5.41, 5.74) is -2.61. The molecule has 0 bridgehead atoms. The van der Waals surface area contributed by atoms with Crippen molar-refractivity contribution in [2.75, 3.05) is 0 Å². The van der Waals surface area contributed by atoms with Crippen molar-refractivity contribution < 1.29 is 30.0 Å². The zero-order valence-electron chi connectivity index (χ0n) is 17.1. The topological polar surface area (TPSA) is 107 Å². The SMILES string of the molecule is CC(C)[C@]1(O)CC[C@]2(C)C[C@H](OC(=O)c3ccc(O)cc3)[C@@](C)(O)C[C@H](O)[C@H]21. The molecule has 3 rings (SSSR count). The van der Waals surface area contributed by atoms with Gasteiger partial charge in [-0.25, -0.2) is 4.79 Å². The molecule has 0 aromatic heterocycles. The number of aliphatic hydroxyl groups is 3. The van der Waals surface area contributed by atoms with Gasteiger partial charge in [0.1, 0.15) is 17.5 Å². The first-order valence-electron chi connectivity index (χ1n) is 10.0. The molecular weight excluding hydrogens is 360 g/mol. The number of ether oxygens (including phenoxy) is 1. The molecule has 0 amide bonds. The van der Waals surface area contributed by atoms with E-state index in [2.05, 4.69) is 0 Å². The second-order valence-electron chi connectivity index (χ2n) is 9.55. The maximum Gasteiger partial charge on any atom is 0.338 e. The fourth-order valence-corrected chi connectivity index (χ4v) is 5.35. The van der Waals surface area contributed by atoms with E-state index < -0.39 is 40.7 Å². The number of carbonyl (C=O) groups is 1. The molecule has 28 heavy (non-hydrogen) atoms. The molecule has 156 valence electrons. The van der Waals surface area contributed by atoms with E-state index in [1.807, 2.05) is 20.8 Å². The summed E-state index contributed by atoms with van der Waals surface area (Å²) in [6, 6.07) is 5.75. The molecule has 2 aliphatic rings. The quantitative estimate of drug-likeness (QED) is 0.589. The van der Waals surface area contributed by atoms with Gasteiger partial charge in [-0.05, 0) is 61.8 Å². The summed E-state index contributed by atoms with van der Waals surface area (Å²) in [5, 5.41) is 42.7. The van der Waals surface area contributed by atoms with Gasteiger partial charge in [-0.15, -0.1) is 0 Å². The zero-order chi connectivity index (χ0) is 20.9. The number of fused-ring (bicyclic) bond motifs is 1. The van der Waals surface area contributed by atoms with Crippen LogP contribution in [0.3, 0.4) is 0 Å². The van der Waals surface area contributed by atoms with Gasteiger partial charge in [0.25, 0.3) is 0 Å². The van der Waals surface area contributed by atoms with E-state index in [9.17, 15) is 25.2 Å². The van der Waals surface area contributed by atoms with Crippen LogP contribution in [0.4, 0.5) is 0 Å². The van der Waals surface area contributed by atoms with Gasteiger partial charge in [-0.2, -0.15) is 0 Å². The summed E-state index contributed by atoms with van der Waals surface area (Å²) < 4.78 is 5.70. The maximum absolute atomic E-state index is 12.6. The number of hydrogen-bond donors (Lipinski definition) is 4. The van der Waals surface area contributed by atoms with Crippen LogP contribution in [0.1, 0.15) is 63.7 Å².